The van der Waals surface area contributed by atoms with Crippen molar-refractivity contribution in [2.45, 2.75) is 38.8 Å². The zero-order chi connectivity index (χ0) is 16.9. The Labute approximate surface area is 128 Å². The van der Waals surface area contributed by atoms with Crippen LogP contribution >= 0.6 is 0 Å². The second-order valence-corrected chi connectivity index (χ2v) is 5.79. The third-order valence-corrected chi connectivity index (χ3v) is 2.60. The van der Waals surface area contributed by atoms with Crippen molar-refractivity contribution >= 4 is 11.9 Å². The minimum atomic E-state index is -1.01. The molecule has 0 heterocycles. The third kappa shape index (κ3) is 6.03. The Morgan fingerprint density at radius 2 is 1.82 bits per heavy atom. The molecule has 0 radical (unpaired) electrons. The number of amides is 1. The molecule has 1 aromatic carbocycles. The molecule has 1 amide bonds. The molecule has 0 aliphatic heterocycles. The number of hydrogen-bond donors (Lipinski definition) is 1. The topological polar surface area (TPSA) is 55.4 Å². The molecule has 1 aromatic rings. The highest BCUT2D eigenvalue weighted by Crippen LogP contribution is 2.12. The number of benzene rings is 1. The van der Waals surface area contributed by atoms with E-state index in [-0.39, 0.29) is 12.0 Å². The van der Waals surface area contributed by atoms with Gasteiger partial charge in [0.1, 0.15) is 17.2 Å². The molecule has 120 valence electrons. The van der Waals surface area contributed by atoms with Gasteiger partial charge in [0.25, 0.3) is 0 Å². The largest absolute Gasteiger partial charge is 0.444 e. The first-order valence-electron chi connectivity index (χ1n) is 6.71. The van der Waals surface area contributed by atoms with Gasteiger partial charge in [-0.3, -0.25) is 4.79 Å². The van der Waals surface area contributed by atoms with E-state index in [1.54, 1.807) is 20.8 Å². The molecule has 1 rings (SSSR count). The number of nitrogens with one attached hydrogen (secondary N) is 1. The summed E-state index contributed by atoms with van der Waals surface area (Å²) in [7, 11) is 0. The first-order chi connectivity index (χ1) is 10.1. The number of hydrogen-bond acceptors (Lipinski definition) is 3. The average Bonchev–Trinajstić information content (AvgIpc) is 2.33. The van der Waals surface area contributed by atoms with Crippen LogP contribution in [-0.4, -0.2) is 23.5 Å². The van der Waals surface area contributed by atoms with E-state index in [1.165, 1.54) is 0 Å². The monoisotopic (exact) mass is 311 g/mol. The lowest BCUT2D eigenvalue weighted by Crippen LogP contribution is -2.44. The molecule has 0 saturated carbocycles. The standard InChI is InChI=1S/C16H19F2NO3/c1-5-14(20)13(19-15(21)22-16(2,3)4)8-10-6-11(17)9-12(18)7-10/h5-7,9,13H,1,8H2,2-4H3,(H,19,21). The Hall–Kier alpha value is -2.24. The van der Waals surface area contributed by atoms with Crippen LogP contribution in [0.3, 0.4) is 0 Å². The molecule has 0 spiro atoms. The average molecular weight is 311 g/mol. The lowest BCUT2D eigenvalue weighted by atomic mass is 10.0. The van der Waals surface area contributed by atoms with Crippen molar-refractivity contribution in [1.29, 1.82) is 0 Å². The van der Waals surface area contributed by atoms with Crippen molar-refractivity contribution < 1.29 is 23.1 Å². The highest BCUT2D eigenvalue weighted by atomic mass is 19.1. The highest BCUT2D eigenvalue weighted by Gasteiger charge is 2.23. The number of alkyl carbamates (subject to hydrolysis) is 1. The van der Waals surface area contributed by atoms with Gasteiger partial charge in [-0.05, 0) is 44.5 Å². The van der Waals surface area contributed by atoms with Gasteiger partial charge in [0.15, 0.2) is 5.78 Å². The van der Waals surface area contributed by atoms with Crippen molar-refractivity contribution in [2.75, 3.05) is 0 Å². The van der Waals surface area contributed by atoms with Gasteiger partial charge in [0, 0.05) is 12.5 Å². The van der Waals surface area contributed by atoms with Crippen LogP contribution in [0.25, 0.3) is 0 Å². The smallest absolute Gasteiger partial charge is 0.408 e. The first-order valence-corrected chi connectivity index (χ1v) is 6.71. The molecule has 22 heavy (non-hydrogen) atoms. The number of ketones is 1. The van der Waals surface area contributed by atoms with Crippen molar-refractivity contribution in [3.05, 3.63) is 48.1 Å². The fraction of sp³-hybridized carbons (Fsp3) is 0.375. The minimum absolute atomic E-state index is 0.0707. The predicted octanol–water partition coefficient (Wildman–Crippen LogP) is 3.16. The van der Waals surface area contributed by atoms with Gasteiger partial charge in [-0.2, -0.15) is 0 Å². The molecule has 1 unspecified atom stereocenters. The summed E-state index contributed by atoms with van der Waals surface area (Å²) in [6, 6.07) is 1.93. The Morgan fingerprint density at radius 3 is 2.27 bits per heavy atom. The van der Waals surface area contributed by atoms with E-state index in [0.717, 1.165) is 24.3 Å². The van der Waals surface area contributed by atoms with E-state index < -0.39 is 35.2 Å². The molecule has 0 fully saturated rings. The van der Waals surface area contributed by atoms with Crippen LogP contribution in [0, 0.1) is 11.6 Å². The Balaban J connectivity index is 2.87. The normalized spacial score (nSPS) is 12.4. The summed E-state index contributed by atoms with van der Waals surface area (Å²) < 4.78 is 31.4. The molecular weight excluding hydrogens is 292 g/mol. The fourth-order valence-electron chi connectivity index (χ4n) is 1.78. The van der Waals surface area contributed by atoms with E-state index in [2.05, 4.69) is 11.9 Å². The van der Waals surface area contributed by atoms with E-state index >= 15 is 0 Å². The van der Waals surface area contributed by atoms with Crippen LogP contribution in [0.5, 0.6) is 0 Å². The number of halogens is 2. The number of carbonyl (C=O) groups is 2. The van der Waals surface area contributed by atoms with Gasteiger partial charge in [-0.25, -0.2) is 13.6 Å². The summed E-state index contributed by atoms with van der Waals surface area (Å²) in [5.41, 5.74) is -0.481. The SMILES string of the molecule is C=CC(=O)C(Cc1cc(F)cc(F)c1)NC(=O)OC(C)(C)C. The summed E-state index contributed by atoms with van der Waals surface area (Å²) >= 11 is 0. The van der Waals surface area contributed by atoms with Crippen LogP contribution in [0.4, 0.5) is 13.6 Å². The van der Waals surface area contributed by atoms with Crippen molar-refractivity contribution in [1.82, 2.24) is 5.32 Å². The Morgan fingerprint density at radius 1 is 1.27 bits per heavy atom. The lowest BCUT2D eigenvalue weighted by Gasteiger charge is -2.22. The number of carbonyl (C=O) groups excluding carboxylic acids is 2. The Bertz CT molecular complexity index is 559. The van der Waals surface area contributed by atoms with Crippen LogP contribution < -0.4 is 5.32 Å². The zero-order valence-electron chi connectivity index (χ0n) is 12.8. The first kappa shape index (κ1) is 17.8. The molecule has 0 aliphatic carbocycles. The van der Waals surface area contributed by atoms with Crippen molar-refractivity contribution in [2.24, 2.45) is 0 Å². The van der Waals surface area contributed by atoms with Crippen molar-refractivity contribution in [3.63, 3.8) is 0 Å². The van der Waals surface area contributed by atoms with Gasteiger partial charge >= 0.3 is 6.09 Å². The van der Waals surface area contributed by atoms with Gasteiger partial charge in [-0.1, -0.05) is 6.58 Å². The fourth-order valence-corrected chi connectivity index (χ4v) is 1.78. The number of ether oxygens (including phenoxy) is 1. The molecule has 0 aliphatic rings. The van der Waals surface area contributed by atoms with Crippen LogP contribution in [0.1, 0.15) is 26.3 Å². The molecule has 6 heteroatoms. The van der Waals surface area contributed by atoms with Crippen LogP contribution in [0.15, 0.2) is 30.9 Å². The molecule has 4 nitrogen and oxygen atoms in total. The third-order valence-electron chi connectivity index (χ3n) is 2.60. The zero-order valence-corrected chi connectivity index (χ0v) is 12.8. The summed E-state index contributed by atoms with van der Waals surface area (Å²) in [5, 5.41) is 2.38. The maximum absolute atomic E-state index is 13.2. The summed E-state index contributed by atoms with van der Waals surface area (Å²) in [6.45, 7) is 8.39. The number of rotatable bonds is 5. The molecule has 1 N–H and O–H groups in total. The maximum atomic E-state index is 13.2. The van der Waals surface area contributed by atoms with Gasteiger partial charge in [-0.15, -0.1) is 0 Å². The lowest BCUT2D eigenvalue weighted by molar-refractivity contribution is -0.116. The van der Waals surface area contributed by atoms with E-state index in [9.17, 15) is 18.4 Å². The van der Waals surface area contributed by atoms with Crippen molar-refractivity contribution in [3.8, 4) is 0 Å². The van der Waals surface area contributed by atoms with Gasteiger partial charge in [0.05, 0.1) is 6.04 Å². The van der Waals surface area contributed by atoms with Crippen LogP contribution in [0.2, 0.25) is 0 Å². The molecule has 0 aromatic heterocycles. The molecule has 0 saturated heterocycles. The van der Waals surface area contributed by atoms with E-state index in [0.29, 0.717) is 0 Å². The summed E-state index contributed by atoms with van der Waals surface area (Å²) in [4.78, 5) is 23.6. The minimum Gasteiger partial charge on any atom is -0.444 e. The van der Waals surface area contributed by atoms with Gasteiger partial charge in [0.2, 0.25) is 0 Å². The van der Waals surface area contributed by atoms with E-state index in [4.69, 9.17) is 4.74 Å². The van der Waals surface area contributed by atoms with Crippen LogP contribution in [-0.2, 0) is 16.0 Å². The Kier molecular flexibility index (Phi) is 5.79. The van der Waals surface area contributed by atoms with Gasteiger partial charge < -0.3 is 10.1 Å². The molecular formula is C16H19F2NO3. The highest BCUT2D eigenvalue weighted by molar-refractivity contribution is 5.96. The van der Waals surface area contributed by atoms with E-state index in [1.807, 2.05) is 0 Å². The quantitative estimate of drug-likeness (QED) is 0.850. The molecule has 1 atom stereocenters. The second-order valence-electron chi connectivity index (χ2n) is 5.79. The summed E-state index contributed by atoms with van der Waals surface area (Å²) in [6.07, 6.45) is 0.181. The molecule has 0 bridgehead atoms. The maximum Gasteiger partial charge on any atom is 0.408 e. The second kappa shape index (κ2) is 7.15. The summed E-state index contributed by atoms with van der Waals surface area (Å²) in [5.74, 6) is -1.98. The predicted molar refractivity (Wildman–Crippen MR) is 78.4 cm³/mol.